The first-order chi connectivity index (χ1) is 13.0. The van der Waals surface area contributed by atoms with E-state index in [1.54, 1.807) is 17.0 Å². The van der Waals surface area contributed by atoms with Crippen LogP contribution in [-0.2, 0) is 4.74 Å². The van der Waals surface area contributed by atoms with Crippen LogP contribution in [0.15, 0.2) is 36.4 Å². The number of aromatic nitrogens is 1. The van der Waals surface area contributed by atoms with Gasteiger partial charge in [0, 0.05) is 12.2 Å². The molecular formula is C21H21FN2O2S. The molecule has 0 radical (unpaired) electrons. The van der Waals surface area contributed by atoms with Crippen LogP contribution >= 0.6 is 11.3 Å². The Kier molecular flexibility index (Phi) is 4.93. The molecule has 4 nitrogen and oxygen atoms in total. The molecule has 1 amide bonds. The first-order valence-corrected chi connectivity index (χ1v) is 9.90. The Bertz CT molecular complexity index is 995. The Balaban J connectivity index is 1.75. The van der Waals surface area contributed by atoms with E-state index in [1.165, 1.54) is 23.5 Å². The second kappa shape index (κ2) is 7.37. The van der Waals surface area contributed by atoms with E-state index in [2.05, 4.69) is 12.1 Å². The number of ether oxygens (including phenoxy) is 1. The summed E-state index contributed by atoms with van der Waals surface area (Å²) in [6, 6.07) is 9.97. The minimum atomic E-state index is -0.423. The number of fused-ring (bicyclic) bond motifs is 1. The SMILES string of the molecule is Cc1cc(C)c2nc(N(CC3CCCO3)C(=O)c3cccc(F)c3)sc2c1. The molecule has 1 aliphatic heterocycles. The molecule has 1 fully saturated rings. The summed E-state index contributed by atoms with van der Waals surface area (Å²) in [6.07, 6.45) is 1.89. The van der Waals surface area contributed by atoms with Crippen LogP contribution in [0.4, 0.5) is 9.52 Å². The summed E-state index contributed by atoms with van der Waals surface area (Å²) in [5, 5.41) is 0.628. The summed E-state index contributed by atoms with van der Waals surface area (Å²) in [5.74, 6) is -0.674. The van der Waals surface area contributed by atoms with Crippen molar-refractivity contribution in [3.8, 4) is 0 Å². The number of thiazole rings is 1. The third-order valence-corrected chi connectivity index (χ3v) is 5.80. The van der Waals surface area contributed by atoms with Gasteiger partial charge in [-0.1, -0.05) is 23.5 Å². The van der Waals surface area contributed by atoms with Gasteiger partial charge >= 0.3 is 0 Å². The van der Waals surface area contributed by atoms with Crippen LogP contribution in [0.3, 0.4) is 0 Å². The number of aryl methyl sites for hydroxylation is 2. The van der Waals surface area contributed by atoms with Crippen LogP contribution in [0.2, 0.25) is 0 Å². The second-order valence-corrected chi connectivity index (χ2v) is 8.00. The van der Waals surface area contributed by atoms with Gasteiger partial charge < -0.3 is 4.74 Å². The molecule has 0 N–H and O–H groups in total. The number of amides is 1. The lowest BCUT2D eigenvalue weighted by molar-refractivity contribution is 0.0917. The molecule has 1 unspecified atom stereocenters. The molecular weight excluding hydrogens is 363 g/mol. The van der Waals surface area contributed by atoms with Crippen molar-refractivity contribution in [3.63, 3.8) is 0 Å². The van der Waals surface area contributed by atoms with Crippen LogP contribution in [0.5, 0.6) is 0 Å². The Morgan fingerprint density at radius 2 is 2.19 bits per heavy atom. The third-order valence-electron chi connectivity index (χ3n) is 4.78. The Morgan fingerprint density at radius 1 is 1.33 bits per heavy atom. The van der Waals surface area contributed by atoms with Crippen molar-refractivity contribution in [3.05, 3.63) is 58.9 Å². The smallest absolute Gasteiger partial charge is 0.260 e. The highest BCUT2D eigenvalue weighted by atomic mass is 32.1. The Hall–Kier alpha value is -2.31. The number of hydrogen-bond donors (Lipinski definition) is 0. The molecule has 2 heterocycles. The van der Waals surface area contributed by atoms with Crippen molar-refractivity contribution in [2.24, 2.45) is 0 Å². The molecule has 27 heavy (non-hydrogen) atoms. The van der Waals surface area contributed by atoms with E-state index >= 15 is 0 Å². The topological polar surface area (TPSA) is 42.4 Å². The van der Waals surface area contributed by atoms with Gasteiger partial charge in [-0.3, -0.25) is 9.69 Å². The standard InChI is InChI=1S/C21H21FN2O2S/c1-13-9-14(2)19-18(10-13)27-21(23-19)24(12-17-7-4-8-26-17)20(25)15-5-3-6-16(22)11-15/h3,5-6,9-11,17H,4,7-8,12H2,1-2H3. The quantitative estimate of drug-likeness (QED) is 0.644. The summed E-state index contributed by atoms with van der Waals surface area (Å²) in [4.78, 5) is 19.6. The van der Waals surface area contributed by atoms with Crippen LogP contribution in [-0.4, -0.2) is 30.1 Å². The Morgan fingerprint density at radius 3 is 2.93 bits per heavy atom. The zero-order valence-electron chi connectivity index (χ0n) is 15.4. The van der Waals surface area contributed by atoms with Crippen molar-refractivity contribution < 1.29 is 13.9 Å². The van der Waals surface area contributed by atoms with E-state index < -0.39 is 5.82 Å². The van der Waals surface area contributed by atoms with Crippen LogP contribution < -0.4 is 4.90 Å². The second-order valence-electron chi connectivity index (χ2n) is 6.99. The minimum absolute atomic E-state index is 0.0163. The van der Waals surface area contributed by atoms with Crippen LogP contribution in [0.1, 0.15) is 34.3 Å². The van der Waals surface area contributed by atoms with E-state index in [0.717, 1.165) is 34.2 Å². The number of anilines is 1. The van der Waals surface area contributed by atoms with Gasteiger partial charge in [0.1, 0.15) is 5.82 Å². The largest absolute Gasteiger partial charge is 0.376 e. The highest BCUT2D eigenvalue weighted by Crippen LogP contribution is 2.33. The van der Waals surface area contributed by atoms with E-state index in [9.17, 15) is 9.18 Å². The number of halogens is 1. The molecule has 4 rings (SSSR count). The summed E-state index contributed by atoms with van der Waals surface area (Å²) in [5.41, 5.74) is 3.48. The predicted octanol–water partition coefficient (Wildman–Crippen LogP) is 4.88. The number of carbonyl (C=O) groups excluding carboxylic acids is 1. The Labute approximate surface area is 161 Å². The first kappa shape index (κ1) is 18.1. The molecule has 3 aromatic rings. The molecule has 1 aromatic heterocycles. The van der Waals surface area contributed by atoms with Crippen LogP contribution in [0, 0.1) is 19.7 Å². The number of hydrogen-bond acceptors (Lipinski definition) is 4. The van der Waals surface area contributed by atoms with Gasteiger partial charge in [0.25, 0.3) is 5.91 Å². The predicted molar refractivity (Wildman–Crippen MR) is 106 cm³/mol. The first-order valence-electron chi connectivity index (χ1n) is 9.08. The lowest BCUT2D eigenvalue weighted by Gasteiger charge is -2.23. The molecule has 1 atom stereocenters. The zero-order valence-corrected chi connectivity index (χ0v) is 16.2. The number of nitrogens with zero attached hydrogens (tertiary/aromatic N) is 2. The van der Waals surface area contributed by atoms with Crippen molar-refractivity contribution in [1.82, 2.24) is 4.98 Å². The average molecular weight is 384 g/mol. The fourth-order valence-corrected chi connectivity index (χ4v) is 4.64. The molecule has 1 aliphatic rings. The van der Waals surface area contributed by atoms with E-state index in [-0.39, 0.29) is 12.0 Å². The minimum Gasteiger partial charge on any atom is -0.376 e. The van der Waals surface area contributed by atoms with Gasteiger partial charge in [0.2, 0.25) is 0 Å². The van der Waals surface area contributed by atoms with Crippen molar-refractivity contribution in [1.29, 1.82) is 0 Å². The van der Waals surface area contributed by atoms with Gasteiger partial charge in [-0.05, 0) is 62.1 Å². The maximum absolute atomic E-state index is 13.7. The molecule has 0 bridgehead atoms. The summed E-state index contributed by atoms with van der Waals surface area (Å²) in [7, 11) is 0. The highest BCUT2D eigenvalue weighted by Gasteiger charge is 2.27. The fourth-order valence-electron chi connectivity index (χ4n) is 3.49. The number of rotatable bonds is 4. The molecule has 0 spiro atoms. The molecule has 0 aliphatic carbocycles. The number of benzene rings is 2. The van der Waals surface area contributed by atoms with Gasteiger partial charge in [-0.2, -0.15) is 0 Å². The van der Waals surface area contributed by atoms with Gasteiger partial charge in [-0.15, -0.1) is 0 Å². The third kappa shape index (κ3) is 3.73. The monoisotopic (exact) mass is 384 g/mol. The molecule has 140 valence electrons. The fraction of sp³-hybridized carbons (Fsp3) is 0.333. The van der Waals surface area contributed by atoms with Crippen molar-refractivity contribution in [2.45, 2.75) is 32.8 Å². The van der Waals surface area contributed by atoms with Gasteiger partial charge in [0.15, 0.2) is 5.13 Å². The summed E-state index contributed by atoms with van der Waals surface area (Å²) in [6.45, 7) is 5.21. The normalized spacial score (nSPS) is 16.8. The maximum atomic E-state index is 13.7. The summed E-state index contributed by atoms with van der Waals surface area (Å²) >= 11 is 1.49. The molecule has 6 heteroatoms. The van der Waals surface area contributed by atoms with Gasteiger partial charge in [-0.25, -0.2) is 9.37 Å². The lowest BCUT2D eigenvalue weighted by Crippen LogP contribution is -2.37. The van der Waals surface area contributed by atoms with E-state index in [1.807, 2.05) is 13.8 Å². The lowest BCUT2D eigenvalue weighted by atomic mass is 10.1. The summed E-state index contributed by atoms with van der Waals surface area (Å²) < 4.78 is 20.4. The molecule has 2 aromatic carbocycles. The van der Waals surface area contributed by atoms with Gasteiger partial charge in [0.05, 0.1) is 22.9 Å². The van der Waals surface area contributed by atoms with E-state index in [4.69, 9.17) is 9.72 Å². The molecule has 0 saturated carbocycles. The average Bonchev–Trinajstić information content (AvgIpc) is 3.28. The van der Waals surface area contributed by atoms with Crippen LogP contribution in [0.25, 0.3) is 10.2 Å². The zero-order chi connectivity index (χ0) is 19.0. The molecule has 1 saturated heterocycles. The van der Waals surface area contributed by atoms with Crippen molar-refractivity contribution >= 4 is 32.6 Å². The van der Waals surface area contributed by atoms with Crippen molar-refractivity contribution in [2.75, 3.05) is 18.1 Å². The van der Waals surface area contributed by atoms with E-state index in [0.29, 0.717) is 23.8 Å². The highest BCUT2D eigenvalue weighted by molar-refractivity contribution is 7.22. The number of carbonyl (C=O) groups is 1. The maximum Gasteiger partial charge on any atom is 0.260 e.